The molecule has 0 unspecified atom stereocenters. The number of hydrogen-bond acceptors (Lipinski definition) is 4. The van der Waals surface area contributed by atoms with Crippen molar-refractivity contribution in [2.75, 3.05) is 5.73 Å². The first-order valence-electron chi connectivity index (χ1n) is 7.52. The quantitative estimate of drug-likeness (QED) is 0.750. The molecule has 5 nitrogen and oxygen atoms in total. The van der Waals surface area contributed by atoms with E-state index in [-0.39, 0.29) is 11.9 Å². The monoisotopic (exact) mass is 304 g/mol. The van der Waals surface area contributed by atoms with Gasteiger partial charge in [0, 0.05) is 18.5 Å². The number of hydrogen-bond donors (Lipinski definition) is 1. The molecule has 0 saturated heterocycles. The first kappa shape index (κ1) is 13.7. The van der Waals surface area contributed by atoms with Crippen molar-refractivity contribution in [3.8, 4) is 0 Å². The Hall–Kier alpha value is -2.95. The molecule has 3 aromatic rings. The van der Waals surface area contributed by atoms with Crippen LogP contribution in [-0.2, 0) is 13.1 Å². The molecule has 2 heterocycles. The van der Waals surface area contributed by atoms with Gasteiger partial charge in [-0.25, -0.2) is 9.97 Å². The summed E-state index contributed by atoms with van der Waals surface area (Å²) in [5, 5.41) is 0.750. The highest BCUT2D eigenvalue weighted by atomic mass is 16.2. The number of benzene rings is 2. The highest BCUT2D eigenvalue weighted by molar-refractivity contribution is 6.05. The minimum Gasteiger partial charge on any atom is -0.368 e. The third-order valence-electron chi connectivity index (χ3n) is 4.28. The normalized spacial score (nSPS) is 13.3. The lowest BCUT2D eigenvalue weighted by atomic mass is 10.1. The van der Waals surface area contributed by atoms with Gasteiger partial charge in [0.05, 0.1) is 5.52 Å². The molecule has 0 saturated carbocycles. The summed E-state index contributed by atoms with van der Waals surface area (Å²) < 4.78 is 0. The van der Waals surface area contributed by atoms with Crippen molar-refractivity contribution in [3.05, 3.63) is 64.8 Å². The number of aromatic nitrogens is 2. The Morgan fingerprint density at radius 1 is 1.04 bits per heavy atom. The number of aryl methyl sites for hydroxylation is 1. The molecule has 0 bridgehead atoms. The number of carbonyl (C=O) groups excluding carboxylic acids is 1. The lowest BCUT2D eigenvalue weighted by Crippen LogP contribution is -2.27. The first-order chi connectivity index (χ1) is 11.1. The summed E-state index contributed by atoms with van der Waals surface area (Å²) in [6.07, 6.45) is 0. The van der Waals surface area contributed by atoms with Gasteiger partial charge in [-0.3, -0.25) is 4.79 Å². The minimum absolute atomic E-state index is 0.106. The first-order valence-corrected chi connectivity index (χ1v) is 7.52. The summed E-state index contributed by atoms with van der Waals surface area (Å²) in [5.41, 5.74) is 10.3. The number of anilines is 1. The molecule has 0 spiro atoms. The highest BCUT2D eigenvalue weighted by Gasteiger charge is 2.26. The molecule has 0 fully saturated rings. The second kappa shape index (κ2) is 5.05. The van der Waals surface area contributed by atoms with Crippen molar-refractivity contribution in [2.24, 2.45) is 0 Å². The Bertz CT molecular complexity index is 910. The van der Waals surface area contributed by atoms with Crippen molar-refractivity contribution in [1.82, 2.24) is 14.9 Å². The van der Waals surface area contributed by atoms with Crippen LogP contribution in [0.2, 0.25) is 0 Å². The molecular formula is C18H16N4O. The molecule has 0 atom stereocenters. The number of fused-ring (bicyclic) bond motifs is 2. The van der Waals surface area contributed by atoms with Gasteiger partial charge in [-0.15, -0.1) is 0 Å². The Labute approximate surface area is 133 Å². The van der Waals surface area contributed by atoms with Crippen LogP contribution in [0.3, 0.4) is 0 Å². The van der Waals surface area contributed by atoms with E-state index in [0.717, 1.165) is 16.5 Å². The fraction of sp³-hybridized carbons (Fsp3) is 0.167. The molecule has 0 radical (unpaired) electrons. The van der Waals surface area contributed by atoms with E-state index in [0.29, 0.717) is 18.8 Å². The van der Waals surface area contributed by atoms with Crippen molar-refractivity contribution < 1.29 is 4.79 Å². The number of carbonyl (C=O) groups is 1. The second-order valence-corrected chi connectivity index (χ2v) is 5.83. The molecule has 2 N–H and O–H groups in total. The van der Waals surface area contributed by atoms with Crippen LogP contribution in [0.1, 0.15) is 27.2 Å². The average molecular weight is 304 g/mol. The van der Waals surface area contributed by atoms with E-state index >= 15 is 0 Å². The van der Waals surface area contributed by atoms with Crippen LogP contribution in [-0.4, -0.2) is 20.8 Å². The SMILES string of the molecule is Cc1cccc2c(C(=O)N3Cc4ccccc4C3)nc(N)nc12. The van der Waals surface area contributed by atoms with Gasteiger partial charge in [-0.1, -0.05) is 42.5 Å². The van der Waals surface area contributed by atoms with Crippen LogP contribution >= 0.6 is 0 Å². The molecule has 4 rings (SSSR count). The maximum absolute atomic E-state index is 13.0. The van der Waals surface area contributed by atoms with E-state index < -0.39 is 0 Å². The molecule has 1 aliphatic heterocycles. The summed E-state index contributed by atoms with van der Waals surface area (Å²) in [6.45, 7) is 3.16. The molecule has 0 aliphatic carbocycles. The Balaban J connectivity index is 1.78. The molecule has 5 heteroatoms. The topological polar surface area (TPSA) is 72.1 Å². The van der Waals surface area contributed by atoms with E-state index in [9.17, 15) is 4.79 Å². The summed E-state index contributed by atoms with van der Waals surface area (Å²) in [5.74, 6) is 0.0257. The zero-order valence-corrected chi connectivity index (χ0v) is 12.8. The van der Waals surface area contributed by atoms with Gasteiger partial charge < -0.3 is 10.6 Å². The molecule has 1 aliphatic rings. The number of rotatable bonds is 1. The third-order valence-corrected chi connectivity index (χ3v) is 4.28. The fourth-order valence-corrected chi connectivity index (χ4v) is 3.10. The van der Waals surface area contributed by atoms with E-state index in [1.165, 1.54) is 11.1 Å². The van der Waals surface area contributed by atoms with Gasteiger partial charge in [0.25, 0.3) is 5.91 Å². The predicted octanol–water partition coefficient (Wildman–Crippen LogP) is 2.68. The lowest BCUT2D eigenvalue weighted by Gasteiger charge is -2.16. The Kier molecular flexibility index (Phi) is 3.01. The van der Waals surface area contributed by atoms with Crippen LogP contribution in [0, 0.1) is 6.92 Å². The van der Waals surface area contributed by atoms with E-state index in [1.807, 2.05) is 37.3 Å². The Morgan fingerprint density at radius 3 is 2.43 bits per heavy atom. The number of nitrogens with two attached hydrogens (primary N) is 1. The molecule has 1 aromatic heterocycles. The van der Waals surface area contributed by atoms with E-state index in [1.54, 1.807) is 4.90 Å². The van der Waals surface area contributed by atoms with Gasteiger partial charge in [0.1, 0.15) is 5.69 Å². The molecular weight excluding hydrogens is 288 g/mol. The van der Waals surface area contributed by atoms with Crippen molar-refractivity contribution in [1.29, 1.82) is 0 Å². The van der Waals surface area contributed by atoms with Crippen LogP contribution in [0.15, 0.2) is 42.5 Å². The van der Waals surface area contributed by atoms with Crippen LogP contribution in [0.25, 0.3) is 10.9 Å². The van der Waals surface area contributed by atoms with Crippen LogP contribution in [0.4, 0.5) is 5.95 Å². The summed E-state index contributed by atoms with van der Waals surface area (Å²) in [7, 11) is 0. The average Bonchev–Trinajstić information content (AvgIpc) is 2.98. The van der Waals surface area contributed by atoms with Gasteiger partial charge in [0.2, 0.25) is 5.95 Å². The van der Waals surface area contributed by atoms with Gasteiger partial charge in [-0.2, -0.15) is 0 Å². The number of nitrogens with zero attached hydrogens (tertiary/aromatic N) is 3. The fourth-order valence-electron chi connectivity index (χ4n) is 3.10. The molecule has 2 aromatic carbocycles. The summed E-state index contributed by atoms with van der Waals surface area (Å²) in [4.78, 5) is 23.3. The number of amides is 1. The third kappa shape index (κ3) is 2.21. The smallest absolute Gasteiger partial charge is 0.273 e. The van der Waals surface area contributed by atoms with E-state index in [2.05, 4.69) is 22.1 Å². The molecule has 114 valence electrons. The van der Waals surface area contributed by atoms with Crippen LogP contribution in [0.5, 0.6) is 0 Å². The summed E-state index contributed by atoms with van der Waals surface area (Å²) >= 11 is 0. The van der Waals surface area contributed by atoms with Crippen molar-refractivity contribution >= 4 is 22.8 Å². The zero-order chi connectivity index (χ0) is 16.0. The lowest BCUT2D eigenvalue weighted by molar-refractivity contribution is 0.0747. The second-order valence-electron chi connectivity index (χ2n) is 5.83. The standard InChI is InChI=1S/C18H16N4O/c1-11-5-4-8-14-15(11)20-18(19)21-16(14)17(23)22-9-12-6-2-3-7-13(12)10-22/h2-8H,9-10H2,1H3,(H2,19,20,21). The molecule has 23 heavy (non-hydrogen) atoms. The number of nitrogen functional groups attached to an aromatic ring is 1. The minimum atomic E-state index is -0.106. The zero-order valence-electron chi connectivity index (χ0n) is 12.8. The summed E-state index contributed by atoms with van der Waals surface area (Å²) in [6, 6.07) is 13.8. The van der Waals surface area contributed by atoms with E-state index in [4.69, 9.17) is 5.73 Å². The van der Waals surface area contributed by atoms with Crippen molar-refractivity contribution in [3.63, 3.8) is 0 Å². The van der Waals surface area contributed by atoms with Crippen molar-refractivity contribution in [2.45, 2.75) is 20.0 Å². The van der Waals surface area contributed by atoms with Crippen LogP contribution < -0.4 is 5.73 Å². The highest BCUT2D eigenvalue weighted by Crippen LogP contribution is 2.26. The Morgan fingerprint density at radius 2 is 1.74 bits per heavy atom. The van der Waals surface area contributed by atoms with Gasteiger partial charge in [0.15, 0.2) is 0 Å². The molecule has 1 amide bonds. The maximum atomic E-state index is 13.0. The van der Waals surface area contributed by atoms with Gasteiger partial charge >= 0.3 is 0 Å². The largest absolute Gasteiger partial charge is 0.368 e. The number of para-hydroxylation sites is 1. The predicted molar refractivity (Wildman–Crippen MR) is 88.7 cm³/mol. The maximum Gasteiger partial charge on any atom is 0.273 e. The van der Waals surface area contributed by atoms with Gasteiger partial charge in [-0.05, 0) is 23.6 Å².